The number of rotatable bonds is 6. The minimum atomic E-state index is 0.284. The number of aryl methyl sites for hydroxylation is 1. The Balaban J connectivity index is 1.46. The number of likely N-dealkylation sites (tertiary alicyclic amines) is 1. The number of hydrogen-bond acceptors (Lipinski definition) is 3. The van der Waals surface area contributed by atoms with E-state index in [9.17, 15) is 4.79 Å². The third kappa shape index (κ3) is 4.73. The monoisotopic (exact) mass is 330 g/mol. The van der Waals surface area contributed by atoms with Gasteiger partial charge in [-0.3, -0.25) is 4.79 Å². The van der Waals surface area contributed by atoms with Gasteiger partial charge in [-0.15, -0.1) is 0 Å². The van der Waals surface area contributed by atoms with Crippen LogP contribution >= 0.6 is 0 Å². The number of carbonyl (C=O) groups is 1. The predicted molar refractivity (Wildman–Crippen MR) is 96.3 cm³/mol. The van der Waals surface area contributed by atoms with E-state index in [1.54, 1.807) is 0 Å². The van der Waals surface area contributed by atoms with Gasteiger partial charge in [0.25, 0.3) is 0 Å². The van der Waals surface area contributed by atoms with E-state index in [1.807, 2.05) is 24.1 Å². The van der Waals surface area contributed by atoms with E-state index < -0.39 is 0 Å². The molecule has 0 unspecified atom stereocenters. The highest BCUT2D eigenvalue weighted by Crippen LogP contribution is 2.25. The first-order chi connectivity index (χ1) is 11.7. The highest BCUT2D eigenvalue weighted by molar-refractivity contribution is 5.76. The van der Waals surface area contributed by atoms with Crippen LogP contribution in [0.1, 0.15) is 50.5 Å². The SMILES string of the molecule is CNC1CCN(C(=O)CCc2cccc(OC3CCCC3)c2)CC1. The van der Waals surface area contributed by atoms with Gasteiger partial charge >= 0.3 is 0 Å². The van der Waals surface area contributed by atoms with Crippen molar-refractivity contribution >= 4 is 5.91 Å². The third-order valence-electron chi connectivity index (χ3n) is 5.39. The van der Waals surface area contributed by atoms with Crippen LogP contribution < -0.4 is 10.1 Å². The first-order valence-electron chi connectivity index (χ1n) is 9.45. The summed E-state index contributed by atoms with van der Waals surface area (Å²) in [5, 5.41) is 3.31. The summed E-state index contributed by atoms with van der Waals surface area (Å²) in [4.78, 5) is 14.4. The lowest BCUT2D eigenvalue weighted by Crippen LogP contribution is -2.44. The predicted octanol–water partition coefficient (Wildman–Crippen LogP) is 3.15. The summed E-state index contributed by atoms with van der Waals surface area (Å²) in [6.07, 6.45) is 8.81. The second-order valence-corrected chi connectivity index (χ2v) is 7.12. The Labute approximate surface area is 145 Å². The molecular weight excluding hydrogens is 300 g/mol. The van der Waals surface area contributed by atoms with Crippen LogP contribution in [0.5, 0.6) is 5.75 Å². The van der Waals surface area contributed by atoms with Crippen LogP contribution in [0.15, 0.2) is 24.3 Å². The highest BCUT2D eigenvalue weighted by Gasteiger charge is 2.21. The summed E-state index contributed by atoms with van der Waals surface area (Å²) >= 11 is 0. The van der Waals surface area contributed by atoms with Crippen LogP contribution in [0.2, 0.25) is 0 Å². The van der Waals surface area contributed by atoms with Gasteiger partial charge in [0.05, 0.1) is 6.10 Å². The molecule has 1 saturated carbocycles. The van der Waals surface area contributed by atoms with Crippen molar-refractivity contribution in [2.45, 2.75) is 63.5 Å². The average Bonchev–Trinajstić information content (AvgIpc) is 3.13. The molecule has 0 spiro atoms. The van der Waals surface area contributed by atoms with Gasteiger partial charge in [0, 0.05) is 25.6 Å². The van der Waals surface area contributed by atoms with Crippen molar-refractivity contribution < 1.29 is 9.53 Å². The van der Waals surface area contributed by atoms with Gasteiger partial charge in [-0.05, 0) is 69.7 Å². The number of piperidine rings is 1. The number of amides is 1. The zero-order valence-corrected chi connectivity index (χ0v) is 14.8. The maximum atomic E-state index is 12.4. The standard InChI is InChI=1S/C20H30N2O2/c1-21-17-11-13-22(14-12-17)20(23)10-9-16-5-4-8-19(15-16)24-18-6-2-3-7-18/h4-5,8,15,17-18,21H,2-3,6-7,9-14H2,1H3. The number of nitrogens with one attached hydrogen (secondary N) is 1. The molecule has 132 valence electrons. The zero-order valence-electron chi connectivity index (χ0n) is 14.8. The summed E-state index contributed by atoms with van der Waals surface area (Å²) in [5.41, 5.74) is 1.20. The molecule has 4 nitrogen and oxygen atoms in total. The van der Waals surface area contributed by atoms with Gasteiger partial charge in [-0.25, -0.2) is 0 Å². The topological polar surface area (TPSA) is 41.6 Å². The molecular formula is C20H30N2O2. The fraction of sp³-hybridized carbons (Fsp3) is 0.650. The molecule has 1 saturated heterocycles. The Morgan fingerprint density at radius 1 is 1.21 bits per heavy atom. The van der Waals surface area contributed by atoms with E-state index in [0.29, 0.717) is 18.6 Å². The number of ether oxygens (including phenoxy) is 1. The normalized spacial score (nSPS) is 19.6. The van der Waals surface area contributed by atoms with Crippen molar-refractivity contribution in [1.82, 2.24) is 10.2 Å². The molecule has 1 aromatic rings. The lowest BCUT2D eigenvalue weighted by molar-refractivity contribution is -0.132. The van der Waals surface area contributed by atoms with Crippen molar-refractivity contribution in [3.05, 3.63) is 29.8 Å². The van der Waals surface area contributed by atoms with Crippen molar-refractivity contribution in [2.24, 2.45) is 0 Å². The summed E-state index contributed by atoms with van der Waals surface area (Å²) < 4.78 is 6.06. The molecule has 1 aliphatic heterocycles. The van der Waals surface area contributed by atoms with E-state index in [4.69, 9.17) is 4.74 Å². The number of benzene rings is 1. The van der Waals surface area contributed by atoms with Crippen LogP contribution in [0.3, 0.4) is 0 Å². The van der Waals surface area contributed by atoms with Gasteiger partial charge in [0.1, 0.15) is 5.75 Å². The summed E-state index contributed by atoms with van der Waals surface area (Å²) in [6.45, 7) is 1.77. The molecule has 1 aliphatic carbocycles. The smallest absolute Gasteiger partial charge is 0.222 e. The molecule has 0 aromatic heterocycles. The fourth-order valence-corrected chi connectivity index (χ4v) is 3.80. The van der Waals surface area contributed by atoms with E-state index >= 15 is 0 Å². The van der Waals surface area contributed by atoms with Crippen molar-refractivity contribution in [2.75, 3.05) is 20.1 Å². The third-order valence-corrected chi connectivity index (χ3v) is 5.39. The highest BCUT2D eigenvalue weighted by atomic mass is 16.5. The first kappa shape index (κ1) is 17.3. The van der Waals surface area contributed by atoms with Crippen molar-refractivity contribution in [3.8, 4) is 5.75 Å². The Morgan fingerprint density at radius 2 is 1.96 bits per heavy atom. The molecule has 4 heteroatoms. The van der Waals surface area contributed by atoms with Gasteiger partial charge in [-0.1, -0.05) is 12.1 Å². The Bertz CT molecular complexity index is 532. The quantitative estimate of drug-likeness (QED) is 0.871. The summed E-state index contributed by atoms with van der Waals surface area (Å²) in [5.74, 6) is 1.24. The van der Waals surface area contributed by atoms with E-state index in [0.717, 1.165) is 38.1 Å². The summed E-state index contributed by atoms with van der Waals surface area (Å²) in [6, 6.07) is 8.86. The maximum Gasteiger partial charge on any atom is 0.222 e. The molecule has 0 radical (unpaired) electrons. The molecule has 1 aromatic carbocycles. The molecule has 24 heavy (non-hydrogen) atoms. The minimum Gasteiger partial charge on any atom is -0.490 e. The van der Waals surface area contributed by atoms with E-state index in [2.05, 4.69) is 17.4 Å². The molecule has 0 atom stereocenters. The molecule has 0 bridgehead atoms. The van der Waals surface area contributed by atoms with Gasteiger partial charge in [0.15, 0.2) is 0 Å². The van der Waals surface area contributed by atoms with Crippen LogP contribution in [0.25, 0.3) is 0 Å². The second-order valence-electron chi connectivity index (χ2n) is 7.12. The second kappa shape index (κ2) is 8.52. The van der Waals surface area contributed by atoms with Crippen LogP contribution in [-0.2, 0) is 11.2 Å². The molecule has 1 amide bonds. The van der Waals surface area contributed by atoms with E-state index in [-0.39, 0.29) is 5.91 Å². The van der Waals surface area contributed by atoms with Crippen LogP contribution in [0.4, 0.5) is 0 Å². The van der Waals surface area contributed by atoms with Crippen LogP contribution in [-0.4, -0.2) is 43.1 Å². The first-order valence-corrected chi connectivity index (χ1v) is 9.45. The zero-order chi connectivity index (χ0) is 16.8. The maximum absolute atomic E-state index is 12.4. The number of carbonyl (C=O) groups excluding carboxylic acids is 1. The lowest BCUT2D eigenvalue weighted by atomic mass is 10.0. The number of nitrogens with zero attached hydrogens (tertiary/aromatic N) is 1. The molecule has 2 fully saturated rings. The molecule has 3 rings (SSSR count). The van der Waals surface area contributed by atoms with Gasteiger partial charge in [0.2, 0.25) is 5.91 Å². The van der Waals surface area contributed by atoms with Crippen molar-refractivity contribution in [1.29, 1.82) is 0 Å². The Morgan fingerprint density at radius 3 is 2.67 bits per heavy atom. The summed E-state index contributed by atoms with van der Waals surface area (Å²) in [7, 11) is 2.00. The van der Waals surface area contributed by atoms with E-state index in [1.165, 1.54) is 31.2 Å². The molecule has 2 aliphatic rings. The Hall–Kier alpha value is -1.55. The van der Waals surface area contributed by atoms with Crippen LogP contribution in [0, 0.1) is 0 Å². The van der Waals surface area contributed by atoms with Gasteiger partial charge in [-0.2, -0.15) is 0 Å². The fourth-order valence-electron chi connectivity index (χ4n) is 3.80. The van der Waals surface area contributed by atoms with Crippen molar-refractivity contribution in [3.63, 3.8) is 0 Å². The minimum absolute atomic E-state index is 0.284. The Kier molecular flexibility index (Phi) is 6.13. The average molecular weight is 330 g/mol. The molecule has 1 heterocycles. The molecule has 1 N–H and O–H groups in total. The van der Waals surface area contributed by atoms with Gasteiger partial charge < -0.3 is 15.0 Å². The number of hydrogen-bond donors (Lipinski definition) is 1. The largest absolute Gasteiger partial charge is 0.490 e. The lowest BCUT2D eigenvalue weighted by Gasteiger charge is -2.31.